The molecule has 0 spiro atoms. The van der Waals surface area contributed by atoms with Crippen molar-refractivity contribution in [2.24, 2.45) is 17.6 Å². The summed E-state index contributed by atoms with van der Waals surface area (Å²) in [5, 5.41) is 8.83. The molecule has 4 nitrogen and oxygen atoms in total. The van der Waals surface area contributed by atoms with Gasteiger partial charge in [-0.3, -0.25) is 4.90 Å². The first kappa shape index (κ1) is 16.2. The summed E-state index contributed by atoms with van der Waals surface area (Å²) in [6.07, 6.45) is 7.87. The molecule has 118 valence electrons. The highest BCUT2D eigenvalue weighted by molar-refractivity contribution is 4.89. The number of aliphatic hydroxyl groups is 1. The van der Waals surface area contributed by atoms with E-state index in [1.54, 1.807) is 0 Å². The van der Waals surface area contributed by atoms with Gasteiger partial charge in [0.2, 0.25) is 0 Å². The summed E-state index contributed by atoms with van der Waals surface area (Å²) in [4.78, 5) is 2.66. The van der Waals surface area contributed by atoms with E-state index in [0.717, 1.165) is 38.4 Å². The Labute approximate surface area is 123 Å². The van der Waals surface area contributed by atoms with Gasteiger partial charge in [0.15, 0.2) is 0 Å². The lowest BCUT2D eigenvalue weighted by Crippen LogP contribution is -2.50. The number of nitrogens with zero attached hydrogens (tertiary/aromatic N) is 1. The Morgan fingerprint density at radius 1 is 1.20 bits per heavy atom. The van der Waals surface area contributed by atoms with Gasteiger partial charge < -0.3 is 15.6 Å². The number of ether oxygens (including phenoxy) is 1. The van der Waals surface area contributed by atoms with Gasteiger partial charge in [-0.05, 0) is 44.1 Å². The van der Waals surface area contributed by atoms with Gasteiger partial charge in [0, 0.05) is 19.1 Å². The number of piperidine rings is 1. The number of nitrogens with two attached hydrogens (primary N) is 1. The number of rotatable bonds is 6. The molecule has 2 aliphatic rings. The summed E-state index contributed by atoms with van der Waals surface area (Å²) in [6.45, 7) is 6.04. The fourth-order valence-electron chi connectivity index (χ4n) is 3.98. The van der Waals surface area contributed by atoms with E-state index in [-0.39, 0.29) is 6.61 Å². The molecule has 0 aromatic rings. The molecule has 1 saturated carbocycles. The third-order valence-electron chi connectivity index (χ3n) is 5.34. The van der Waals surface area contributed by atoms with Crippen LogP contribution in [0.5, 0.6) is 0 Å². The molecule has 3 unspecified atom stereocenters. The van der Waals surface area contributed by atoms with E-state index in [9.17, 15) is 0 Å². The third kappa shape index (κ3) is 4.17. The Morgan fingerprint density at radius 3 is 2.55 bits per heavy atom. The van der Waals surface area contributed by atoms with Crippen LogP contribution in [0.15, 0.2) is 0 Å². The van der Waals surface area contributed by atoms with Crippen LogP contribution in [-0.4, -0.2) is 55.0 Å². The van der Waals surface area contributed by atoms with Crippen molar-refractivity contribution in [2.45, 2.75) is 57.6 Å². The normalized spacial score (nSPS) is 33.5. The molecule has 1 heterocycles. The largest absolute Gasteiger partial charge is 0.394 e. The maximum atomic E-state index is 8.83. The monoisotopic (exact) mass is 284 g/mol. The van der Waals surface area contributed by atoms with E-state index in [1.165, 1.54) is 25.7 Å². The van der Waals surface area contributed by atoms with Crippen molar-refractivity contribution in [2.75, 3.05) is 32.8 Å². The van der Waals surface area contributed by atoms with Gasteiger partial charge in [-0.25, -0.2) is 0 Å². The summed E-state index contributed by atoms with van der Waals surface area (Å²) >= 11 is 0. The summed E-state index contributed by atoms with van der Waals surface area (Å²) < 4.78 is 5.66. The molecule has 20 heavy (non-hydrogen) atoms. The van der Waals surface area contributed by atoms with Gasteiger partial charge in [-0.15, -0.1) is 0 Å². The van der Waals surface area contributed by atoms with Crippen molar-refractivity contribution in [3.63, 3.8) is 0 Å². The second-order valence-electron chi connectivity index (χ2n) is 6.48. The first-order valence-corrected chi connectivity index (χ1v) is 8.45. The molecule has 0 bridgehead atoms. The number of likely N-dealkylation sites (tertiary alicyclic amines) is 1. The molecule has 0 amide bonds. The first-order valence-electron chi connectivity index (χ1n) is 8.45. The number of hydrogen-bond acceptors (Lipinski definition) is 4. The molecule has 1 saturated heterocycles. The molecule has 0 aromatic heterocycles. The Bertz CT molecular complexity index is 267. The Kier molecular flexibility index (Phi) is 6.75. The van der Waals surface area contributed by atoms with Crippen molar-refractivity contribution in [3.8, 4) is 0 Å². The zero-order chi connectivity index (χ0) is 14.4. The van der Waals surface area contributed by atoms with Crippen molar-refractivity contribution >= 4 is 0 Å². The lowest BCUT2D eigenvalue weighted by Gasteiger charge is -2.45. The summed E-state index contributed by atoms with van der Waals surface area (Å²) in [5.41, 5.74) is 6.00. The molecule has 2 fully saturated rings. The molecule has 3 atom stereocenters. The first-order chi connectivity index (χ1) is 9.78. The highest BCUT2D eigenvalue weighted by atomic mass is 16.5. The molecule has 2 rings (SSSR count). The van der Waals surface area contributed by atoms with Crippen LogP contribution >= 0.6 is 0 Å². The maximum Gasteiger partial charge on any atom is 0.0701 e. The van der Waals surface area contributed by atoms with Gasteiger partial charge >= 0.3 is 0 Å². The van der Waals surface area contributed by atoms with Gasteiger partial charge in [0.05, 0.1) is 19.3 Å². The molecule has 0 aromatic carbocycles. The molecular formula is C16H32N2O2. The Balaban J connectivity index is 1.83. The van der Waals surface area contributed by atoms with Crippen molar-refractivity contribution in [3.05, 3.63) is 0 Å². The molecule has 1 aliphatic carbocycles. The zero-order valence-corrected chi connectivity index (χ0v) is 13.0. The average Bonchev–Trinajstić information content (AvgIpc) is 2.52. The smallest absolute Gasteiger partial charge is 0.0701 e. The predicted octanol–water partition coefficient (Wildman–Crippen LogP) is 1.61. The Morgan fingerprint density at radius 2 is 1.95 bits per heavy atom. The number of hydrogen-bond donors (Lipinski definition) is 2. The van der Waals surface area contributed by atoms with Crippen LogP contribution in [0.2, 0.25) is 0 Å². The quantitative estimate of drug-likeness (QED) is 0.778. The second-order valence-corrected chi connectivity index (χ2v) is 6.48. The van der Waals surface area contributed by atoms with Crippen LogP contribution in [0.3, 0.4) is 0 Å². The fourth-order valence-corrected chi connectivity index (χ4v) is 3.98. The minimum absolute atomic E-state index is 0.135. The maximum absolute atomic E-state index is 8.83. The van der Waals surface area contributed by atoms with Crippen LogP contribution in [0.4, 0.5) is 0 Å². The Hall–Kier alpha value is -0.160. The predicted molar refractivity (Wildman–Crippen MR) is 81.6 cm³/mol. The lowest BCUT2D eigenvalue weighted by molar-refractivity contribution is -0.0281. The van der Waals surface area contributed by atoms with E-state index in [4.69, 9.17) is 15.6 Å². The summed E-state index contributed by atoms with van der Waals surface area (Å²) in [7, 11) is 0. The van der Waals surface area contributed by atoms with Gasteiger partial charge in [-0.1, -0.05) is 19.8 Å². The topological polar surface area (TPSA) is 58.7 Å². The third-order valence-corrected chi connectivity index (χ3v) is 5.34. The number of aliphatic hydroxyl groups excluding tert-OH is 1. The van der Waals surface area contributed by atoms with E-state index >= 15 is 0 Å². The molecule has 0 radical (unpaired) electrons. The van der Waals surface area contributed by atoms with Gasteiger partial charge in [0.25, 0.3) is 0 Å². The van der Waals surface area contributed by atoms with E-state index in [1.807, 2.05) is 0 Å². The van der Waals surface area contributed by atoms with Crippen molar-refractivity contribution < 1.29 is 9.84 Å². The minimum atomic E-state index is 0.135. The highest BCUT2D eigenvalue weighted by Gasteiger charge is 2.34. The molecule has 3 N–H and O–H groups in total. The van der Waals surface area contributed by atoms with Crippen molar-refractivity contribution in [1.82, 2.24) is 4.90 Å². The van der Waals surface area contributed by atoms with Crippen LogP contribution in [0, 0.1) is 11.8 Å². The highest BCUT2D eigenvalue weighted by Crippen LogP contribution is 2.34. The average molecular weight is 284 g/mol. The SMILES string of the molecule is CCC1CCC(CN)C(N2CCC(OCCO)CC2)C1. The van der Waals surface area contributed by atoms with Gasteiger partial charge in [-0.2, -0.15) is 0 Å². The molecule has 1 aliphatic heterocycles. The minimum Gasteiger partial charge on any atom is -0.394 e. The van der Waals surface area contributed by atoms with Crippen molar-refractivity contribution in [1.29, 1.82) is 0 Å². The van der Waals surface area contributed by atoms with E-state index in [2.05, 4.69) is 11.8 Å². The summed E-state index contributed by atoms with van der Waals surface area (Å²) in [5.74, 6) is 1.58. The second kappa shape index (κ2) is 8.32. The zero-order valence-electron chi connectivity index (χ0n) is 13.0. The molecular weight excluding hydrogens is 252 g/mol. The summed E-state index contributed by atoms with van der Waals surface area (Å²) in [6, 6.07) is 0.692. The van der Waals surface area contributed by atoms with Crippen LogP contribution in [0.25, 0.3) is 0 Å². The van der Waals surface area contributed by atoms with Crippen LogP contribution < -0.4 is 5.73 Å². The van der Waals surface area contributed by atoms with E-state index < -0.39 is 0 Å². The van der Waals surface area contributed by atoms with Gasteiger partial charge in [0.1, 0.15) is 0 Å². The van der Waals surface area contributed by atoms with E-state index in [0.29, 0.717) is 24.7 Å². The van der Waals surface area contributed by atoms with Crippen LogP contribution in [-0.2, 0) is 4.74 Å². The fraction of sp³-hybridized carbons (Fsp3) is 1.00. The lowest BCUT2D eigenvalue weighted by atomic mass is 9.76. The standard InChI is InChI=1S/C16H32N2O2/c1-2-13-3-4-14(12-17)16(11-13)18-7-5-15(6-8-18)20-10-9-19/h13-16,19H,2-12,17H2,1H3. The van der Waals surface area contributed by atoms with Crippen LogP contribution in [0.1, 0.15) is 45.4 Å². The molecule has 4 heteroatoms.